The lowest BCUT2D eigenvalue weighted by Crippen LogP contribution is -2.57. The van der Waals surface area contributed by atoms with Gasteiger partial charge in [0.25, 0.3) is 0 Å². The molecule has 4 amide bonds. The van der Waals surface area contributed by atoms with Crippen LogP contribution in [0.25, 0.3) is 43.9 Å². The minimum Gasteiger partial charge on any atom is -0.393 e. The molecule has 0 unspecified atom stereocenters. The number of piperazine rings is 1. The Kier molecular flexibility index (Phi) is 22.3. The molecule has 5 heterocycles. The van der Waals surface area contributed by atoms with Gasteiger partial charge in [-0.15, -0.1) is 11.3 Å². The molecular weight excluding hydrogens is 1140 g/mol. The maximum atomic E-state index is 14.1. The van der Waals surface area contributed by atoms with Crippen molar-refractivity contribution in [2.45, 2.75) is 174 Å². The fourth-order valence-electron chi connectivity index (χ4n) is 13.1. The quantitative estimate of drug-likeness (QED) is 0.0288. The molecule has 3 aromatic heterocycles. The predicted octanol–water partition coefficient (Wildman–Crippen LogP) is 11.2. The number of unbranched alkanes of at least 4 members (excludes halogenated alkanes) is 7. The van der Waals surface area contributed by atoms with Crippen LogP contribution in [0.1, 0.15) is 152 Å². The third-order valence-electron chi connectivity index (χ3n) is 18.2. The molecule has 0 spiro atoms. The van der Waals surface area contributed by atoms with Crippen LogP contribution in [0.5, 0.6) is 0 Å². The summed E-state index contributed by atoms with van der Waals surface area (Å²) in [5.41, 5.74) is 11.6. The third kappa shape index (κ3) is 16.6. The van der Waals surface area contributed by atoms with Gasteiger partial charge in [0.15, 0.2) is 0 Å². The largest absolute Gasteiger partial charge is 0.393 e. The Morgan fingerprint density at radius 3 is 2.10 bits per heavy atom. The molecular formula is C73H90N10O6S. The van der Waals surface area contributed by atoms with Crippen LogP contribution in [0.2, 0.25) is 0 Å². The van der Waals surface area contributed by atoms with Crippen LogP contribution in [0.15, 0.2) is 121 Å². The van der Waals surface area contributed by atoms with Crippen molar-refractivity contribution in [1.29, 1.82) is 5.41 Å². The Morgan fingerprint density at radius 1 is 0.744 bits per heavy atom. The van der Waals surface area contributed by atoms with Gasteiger partial charge in [-0.3, -0.25) is 29.5 Å². The number of thiazole rings is 1. The fraction of sp³-hybridized carbons (Fsp3) is 0.466. The first kappa shape index (κ1) is 65.2. The Morgan fingerprint density at radius 2 is 1.42 bits per heavy atom. The number of rotatable bonds is 24. The number of nitrogens with one attached hydrogen (secondary N) is 3. The number of carbonyl (C=O) groups is 4. The van der Waals surface area contributed by atoms with Crippen LogP contribution in [0.4, 0.5) is 0 Å². The second-order valence-electron chi connectivity index (χ2n) is 26.0. The number of carbonyl (C=O) groups excluding carboxylic acids is 4. The number of aryl methyl sites for hydroxylation is 1. The molecule has 2 saturated heterocycles. The predicted molar refractivity (Wildman–Crippen MR) is 356 cm³/mol. The van der Waals surface area contributed by atoms with Crippen LogP contribution < -0.4 is 16.1 Å². The highest BCUT2D eigenvalue weighted by Gasteiger charge is 2.44. The van der Waals surface area contributed by atoms with E-state index in [1.54, 1.807) is 11.3 Å². The van der Waals surface area contributed by atoms with Gasteiger partial charge in [-0.25, -0.2) is 9.97 Å². The van der Waals surface area contributed by atoms with Gasteiger partial charge in [-0.1, -0.05) is 162 Å². The molecule has 17 heteroatoms. The number of aliphatic hydroxyl groups is 2. The monoisotopic (exact) mass is 1230 g/mol. The lowest BCUT2D eigenvalue weighted by molar-refractivity contribution is -0.144. The van der Waals surface area contributed by atoms with Gasteiger partial charge < -0.3 is 39.8 Å². The highest BCUT2D eigenvalue weighted by atomic mass is 32.1. The number of aromatic nitrogens is 4. The molecule has 5 N–H and O–H groups in total. The van der Waals surface area contributed by atoms with E-state index in [2.05, 4.69) is 110 Å². The van der Waals surface area contributed by atoms with Crippen LogP contribution in [0, 0.1) is 29.6 Å². The van der Waals surface area contributed by atoms with Crippen molar-refractivity contribution in [3.05, 3.63) is 149 Å². The summed E-state index contributed by atoms with van der Waals surface area (Å²) in [5, 5.41) is 37.5. The number of likely N-dealkylation sites (tertiary alicyclic amines) is 1. The van der Waals surface area contributed by atoms with E-state index in [1.807, 2.05) is 85.4 Å². The minimum atomic E-state index is -0.859. The first-order valence-corrected chi connectivity index (χ1v) is 33.6. The summed E-state index contributed by atoms with van der Waals surface area (Å²) in [5.74, 6) is 6.22. The normalized spacial score (nSPS) is 18.3. The molecule has 3 atom stereocenters. The molecule has 0 bridgehead atoms. The number of hydrogen-bond donors (Lipinski definition) is 5. The fourth-order valence-corrected chi connectivity index (χ4v) is 14.0. The van der Waals surface area contributed by atoms with Gasteiger partial charge in [-0.2, -0.15) is 0 Å². The van der Waals surface area contributed by atoms with E-state index in [0.29, 0.717) is 31.3 Å². The van der Waals surface area contributed by atoms with Crippen molar-refractivity contribution in [2.24, 2.45) is 5.41 Å². The van der Waals surface area contributed by atoms with Gasteiger partial charge in [-0.05, 0) is 104 Å². The van der Waals surface area contributed by atoms with E-state index < -0.39 is 23.6 Å². The van der Waals surface area contributed by atoms with E-state index in [-0.39, 0.29) is 55.3 Å². The molecule has 0 radical (unpaired) electrons. The lowest BCUT2D eigenvalue weighted by atomic mass is 9.85. The van der Waals surface area contributed by atoms with Gasteiger partial charge >= 0.3 is 0 Å². The van der Waals surface area contributed by atoms with E-state index in [4.69, 9.17) is 4.98 Å². The molecule has 474 valence electrons. The zero-order valence-corrected chi connectivity index (χ0v) is 53.8. The number of β-amino-alcohol motifs (C(OH)–C–C–N with tert-alkyl or cyclic N) is 1. The highest BCUT2D eigenvalue weighted by Crippen LogP contribution is 2.40. The Balaban J connectivity index is 0.614. The van der Waals surface area contributed by atoms with E-state index in [1.165, 1.54) is 4.90 Å². The topological polar surface area (TPSA) is 202 Å². The molecule has 2 aliphatic heterocycles. The maximum Gasteiger partial charge on any atom is 0.246 e. The van der Waals surface area contributed by atoms with E-state index in [9.17, 15) is 34.8 Å². The van der Waals surface area contributed by atoms with Crippen molar-refractivity contribution in [2.75, 3.05) is 39.3 Å². The Labute approximate surface area is 534 Å². The highest BCUT2D eigenvalue weighted by molar-refractivity contribution is 7.13. The van der Waals surface area contributed by atoms with Crippen LogP contribution in [0.3, 0.4) is 0 Å². The molecule has 10 rings (SSSR count). The molecule has 3 aliphatic rings. The van der Waals surface area contributed by atoms with Gasteiger partial charge in [0.2, 0.25) is 23.6 Å². The molecule has 3 fully saturated rings. The average molecular weight is 1240 g/mol. The standard InChI is InChI=1S/C73H90N10O6S/c1-51-67(90-50-77-51)57-33-31-53(32-34-57)46-75-71(88)61-45-60(85)48-81(61)72(89)68(73(2,3)4)78-62(86)29-18-8-6-5-7-9-19-30-63(87)80-42-40-79(41-43-80)39-20-12-13-22-52-23-21-24-54(44-52)47-82-66(56-27-16-11-17-28-56)64(55-25-14-10-15-26-55)65-69(74)83(49-76-70(65)82)58-35-37-59(84)38-36-58/h10-11,14-17,21,23-28,31-34,44,49-50,58-61,68,74,84-85H,5-9,12,18-20,29-30,35-43,45-48H2,1-4H3,(H,75,88)(H,78,86)/t58?,59?,60-,61+,68-/m1/s1. The first-order chi connectivity index (χ1) is 43.6. The first-order valence-electron chi connectivity index (χ1n) is 32.7. The van der Waals surface area contributed by atoms with E-state index in [0.717, 1.165) is 176 Å². The van der Waals surface area contributed by atoms with Crippen LogP contribution in [-0.2, 0) is 32.3 Å². The van der Waals surface area contributed by atoms with Gasteiger partial charge in [0.1, 0.15) is 23.2 Å². The van der Waals surface area contributed by atoms with Crippen LogP contribution >= 0.6 is 11.3 Å². The van der Waals surface area contributed by atoms with Crippen LogP contribution in [-0.4, -0.2) is 131 Å². The lowest BCUT2D eigenvalue weighted by Gasteiger charge is -2.35. The minimum absolute atomic E-state index is 0.0286. The number of hydrogen-bond acceptors (Lipinski definition) is 11. The summed E-state index contributed by atoms with van der Waals surface area (Å²) in [6, 6.07) is 35.6. The van der Waals surface area contributed by atoms with Gasteiger partial charge in [0, 0.05) is 88.7 Å². The molecule has 4 aromatic carbocycles. The zero-order valence-electron chi connectivity index (χ0n) is 53.0. The summed E-state index contributed by atoms with van der Waals surface area (Å²) in [7, 11) is 0. The summed E-state index contributed by atoms with van der Waals surface area (Å²) in [6.45, 7) is 12.7. The Hall–Kier alpha value is -7.75. The van der Waals surface area contributed by atoms with Gasteiger partial charge in [0.05, 0.1) is 45.7 Å². The van der Waals surface area contributed by atoms with Crippen molar-refractivity contribution < 1.29 is 29.4 Å². The summed E-state index contributed by atoms with van der Waals surface area (Å²) < 4.78 is 4.30. The van der Waals surface area contributed by atoms with Crippen molar-refractivity contribution in [3.63, 3.8) is 0 Å². The molecule has 7 aromatic rings. The maximum absolute atomic E-state index is 14.1. The summed E-state index contributed by atoms with van der Waals surface area (Å²) in [6.07, 6.45) is 13.0. The number of nitrogens with zero attached hydrogens (tertiary/aromatic N) is 7. The van der Waals surface area contributed by atoms with E-state index >= 15 is 0 Å². The third-order valence-corrected chi connectivity index (χ3v) is 19.2. The van der Waals surface area contributed by atoms with Crippen molar-refractivity contribution in [1.82, 2.24) is 44.4 Å². The second kappa shape index (κ2) is 30.8. The molecule has 1 aliphatic carbocycles. The number of aliphatic hydroxyl groups excluding tert-OH is 2. The summed E-state index contributed by atoms with van der Waals surface area (Å²) >= 11 is 1.58. The molecule has 16 nitrogen and oxygen atoms in total. The number of amides is 4. The SMILES string of the molecule is Cc1ncsc1-c1ccc(CNC(=O)[C@@H]2C[C@@H](O)CN2C(=O)[C@@H](NC(=O)CCCCCCCCCC(=O)N2CCN(CCCC#Cc3cccc(Cn4c(-c5ccccc5)c(-c5ccccc5)c5c(=N)n(C6CCC(O)CC6)cnc54)c3)CC2)C(C)(C)C)cc1. The zero-order chi connectivity index (χ0) is 63.2. The smallest absolute Gasteiger partial charge is 0.246 e. The Bertz CT molecular complexity index is 3680. The van der Waals surface area contributed by atoms with Crippen molar-refractivity contribution >= 4 is 46.0 Å². The molecule has 1 saturated carbocycles. The second-order valence-corrected chi connectivity index (χ2v) is 26.8. The molecule has 90 heavy (non-hydrogen) atoms. The average Bonchev–Trinajstić information content (AvgIpc) is 1.59. The van der Waals surface area contributed by atoms with Crippen molar-refractivity contribution in [3.8, 4) is 44.7 Å². The number of benzene rings is 4. The number of fused-ring (bicyclic) bond motifs is 1. The summed E-state index contributed by atoms with van der Waals surface area (Å²) in [4.78, 5) is 70.6.